The van der Waals surface area contributed by atoms with Gasteiger partial charge in [-0.15, -0.1) is 0 Å². The first-order chi connectivity index (χ1) is 9.59. The van der Waals surface area contributed by atoms with E-state index in [0.717, 1.165) is 31.6 Å². The van der Waals surface area contributed by atoms with Crippen LogP contribution < -0.4 is 10.1 Å². The van der Waals surface area contributed by atoms with E-state index in [1.165, 1.54) is 5.56 Å². The summed E-state index contributed by atoms with van der Waals surface area (Å²) in [7, 11) is 3.51. The fourth-order valence-electron chi connectivity index (χ4n) is 2.39. The summed E-state index contributed by atoms with van der Waals surface area (Å²) >= 11 is 0. The smallest absolute Gasteiger partial charge is 0.119 e. The predicted molar refractivity (Wildman–Crippen MR) is 84.5 cm³/mol. The van der Waals surface area contributed by atoms with Gasteiger partial charge in [0.15, 0.2) is 0 Å². The topological polar surface area (TPSA) is 30.5 Å². The van der Waals surface area contributed by atoms with Gasteiger partial charge in [0.1, 0.15) is 5.75 Å². The Bertz CT molecular complexity index is 388. The number of hydrogen-bond donors (Lipinski definition) is 1. The van der Waals surface area contributed by atoms with E-state index in [9.17, 15) is 0 Å². The summed E-state index contributed by atoms with van der Waals surface area (Å²) in [5.41, 5.74) is 1.12. The number of ether oxygens (including phenoxy) is 2. The van der Waals surface area contributed by atoms with Crippen molar-refractivity contribution in [1.29, 1.82) is 0 Å². The number of methoxy groups -OCH3 is 2. The lowest BCUT2D eigenvalue weighted by Gasteiger charge is -2.36. The van der Waals surface area contributed by atoms with Gasteiger partial charge in [-0.2, -0.15) is 0 Å². The molecule has 0 spiro atoms. The van der Waals surface area contributed by atoms with Crippen LogP contribution in [0.4, 0.5) is 0 Å². The highest BCUT2D eigenvalue weighted by atomic mass is 16.5. The molecule has 1 N–H and O–H groups in total. The van der Waals surface area contributed by atoms with Crippen molar-refractivity contribution in [3.8, 4) is 5.75 Å². The van der Waals surface area contributed by atoms with E-state index in [4.69, 9.17) is 9.47 Å². The quantitative estimate of drug-likeness (QED) is 0.751. The maximum atomic E-state index is 5.78. The van der Waals surface area contributed by atoms with Crippen LogP contribution in [0.2, 0.25) is 0 Å². The van der Waals surface area contributed by atoms with Crippen LogP contribution in [0.1, 0.15) is 39.2 Å². The number of benzene rings is 1. The second-order valence-electron chi connectivity index (χ2n) is 5.43. The Kier molecular flexibility index (Phi) is 7.03. The molecule has 0 amide bonds. The van der Waals surface area contributed by atoms with Gasteiger partial charge in [-0.1, -0.05) is 26.0 Å². The maximum absolute atomic E-state index is 5.78. The fraction of sp³-hybridized carbons (Fsp3) is 0.647. The van der Waals surface area contributed by atoms with Crippen molar-refractivity contribution >= 4 is 0 Å². The van der Waals surface area contributed by atoms with E-state index in [2.05, 4.69) is 38.2 Å². The van der Waals surface area contributed by atoms with Crippen LogP contribution in [0.3, 0.4) is 0 Å². The normalized spacial score (nSPS) is 15.7. The van der Waals surface area contributed by atoms with Gasteiger partial charge >= 0.3 is 0 Å². The molecule has 3 nitrogen and oxygen atoms in total. The summed E-state index contributed by atoms with van der Waals surface area (Å²) in [6, 6.07) is 8.57. The zero-order valence-electron chi connectivity index (χ0n) is 13.5. The molecule has 1 aromatic rings. The summed E-state index contributed by atoms with van der Waals surface area (Å²) in [4.78, 5) is 0. The lowest BCUT2D eigenvalue weighted by atomic mass is 9.88. The van der Waals surface area contributed by atoms with E-state index >= 15 is 0 Å². The van der Waals surface area contributed by atoms with Gasteiger partial charge in [-0.25, -0.2) is 0 Å². The first-order valence-corrected chi connectivity index (χ1v) is 7.51. The van der Waals surface area contributed by atoms with Crippen molar-refractivity contribution < 1.29 is 9.47 Å². The molecular formula is C17H29NO2. The van der Waals surface area contributed by atoms with E-state index in [0.29, 0.717) is 6.04 Å². The lowest BCUT2D eigenvalue weighted by Crippen LogP contribution is -2.51. The van der Waals surface area contributed by atoms with Crippen LogP contribution in [-0.4, -0.2) is 32.4 Å². The average Bonchev–Trinajstić information content (AvgIpc) is 2.50. The van der Waals surface area contributed by atoms with Gasteiger partial charge in [-0.05, 0) is 50.4 Å². The van der Waals surface area contributed by atoms with Gasteiger partial charge in [0.2, 0.25) is 0 Å². The van der Waals surface area contributed by atoms with Crippen LogP contribution in [0, 0.1) is 0 Å². The molecule has 0 heterocycles. The first-order valence-electron chi connectivity index (χ1n) is 7.51. The van der Waals surface area contributed by atoms with Crippen molar-refractivity contribution in [3.63, 3.8) is 0 Å². The maximum Gasteiger partial charge on any atom is 0.119 e. The Morgan fingerprint density at radius 1 is 1.25 bits per heavy atom. The number of nitrogens with one attached hydrogen (secondary N) is 1. The highest BCUT2D eigenvalue weighted by Gasteiger charge is 2.32. The second kappa shape index (κ2) is 8.28. The predicted octanol–water partition coefficient (Wildman–Crippen LogP) is 3.42. The monoisotopic (exact) mass is 279 g/mol. The van der Waals surface area contributed by atoms with E-state index in [-0.39, 0.29) is 5.60 Å². The zero-order chi connectivity index (χ0) is 15.0. The highest BCUT2D eigenvalue weighted by molar-refractivity contribution is 5.29. The molecule has 0 aliphatic rings. The van der Waals surface area contributed by atoms with Gasteiger partial charge in [-0.3, -0.25) is 0 Å². The standard InChI is InChI=1S/C17H29NO2/c1-6-11-18-16(17(3,7-2)20-5)13-14-9-8-10-15(12-14)19-4/h8-10,12,16,18H,6-7,11,13H2,1-5H3. The number of hydrogen-bond acceptors (Lipinski definition) is 3. The molecule has 0 saturated carbocycles. The van der Waals surface area contributed by atoms with Crippen molar-refractivity contribution in [2.75, 3.05) is 20.8 Å². The molecule has 2 unspecified atom stereocenters. The Labute approximate surface area is 123 Å². The Balaban J connectivity index is 2.87. The molecule has 1 rings (SSSR count). The van der Waals surface area contributed by atoms with Crippen molar-refractivity contribution in [3.05, 3.63) is 29.8 Å². The summed E-state index contributed by atoms with van der Waals surface area (Å²) in [6.07, 6.45) is 3.04. The van der Waals surface area contributed by atoms with Crippen molar-refractivity contribution in [2.45, 2.75) is 51.7 Å². The molecule has 20 heavy (non-hydrogen) atoms. The molecule has 0 aliphatic heterocycles. The molecule has 0 aliphatic carbocycles. The van der Waals surface area contributed by atoms with Gasteiger partial charge < -0.3 is 14.8 Å². The SMILES string of the molecule is CCCNC(Cc1cccc(OC)c1)C(C)(CC)OC. The fourth-order valence-corrected chi connectivity index (χ4v) is 2.39. The van der Waals surface area contributed by atoms with Gasteiger partial charge in [0.05, 0.1) is 12.7 Å². The minimum Gasteiger partial charge on any atom is -0.497 e. The Morgan fingerprint density at radius 2 is 2.00 bits per heavy atom. The Morgan fingerprint density at radius 3 is 2.55 bits per heavy atom. The third kappa shape index (κ3) is 4.50. The highest BCUT2D eigenvalue weighted by Crippen LogP contribution is 2.24. The van der Waals surface area contributed by atoms with Crippen LogP contribution in [-0.2, 0) is 11.2 Å². The molecule has 114 valence electrons. The van der Waals surface area contributed by atoms with Crippen LogP contribution in [0.15, 0.2) is 24.3 Å². The molecule has 0 bridgehead atoms. The lowest BCUT2D eigenvalue weighted by molar-refractivity contribution is -0.0287. The van der Waals surface area contributed by atoms with Gasteiger partial charge in [0.25, 0.3) is 0 Å². The Hall–Kier alpha value is -1.06. The van der Waals surface area contributed by atoms with Crippen molar-refractivity contribution in [1.82, 2.24) is 5.32 Å². The largest absolute Gasteiger partial charge is 0.497 e. The minimum absolute atomic E-state index is 0.155. The molecular weight excluding hydrogens is 250 g/mol. The summed E-state index contributed by atoms with van der Waals surface area (Å²) in [6.45, 7) is 7.55. The summed E-state index contributed by atoms with van der Waals surface area (Å²) in [5, 5.41) is 3.63. The molecule has 0 fully saturated rings. The van der Waals surface area contributed by atoms with E-state index in [1.807, 2.05) is 12.1 Å². The van der Waals surface area contributed by atoms with Crippen LogP contribution >= 0.6 is 0 Å². The zero-order valence-corrected chi connectivity index (χ0v) is 13.5. The third-order valence-corrected chi connectivity index (χ3v) is 4.12. The molecule has 3 heteroatoms. The first kappa shape index (κ1) is 17.0. The van der Waals surface area contributed by atoms with Crippen molar-refractivity contribution in [2.24, 2.45) is 0 Å². The molecule has 1 aromatic carbocycles. The molecule has 0 aromatic heterocycles. The second-order valence-corrected chi connectivity index (χ2v) is 5.43. The van der Waals surface area contributed by atoms with Crippen LogP contribution in [0.5, 0.6) is 5.75 Å². The van der Waals surface area contributed by atoms with Crippen LogP contribution in [0.25, 0.3) is 0 Å². The summed E-state index contributed by atoms with van der Waals surface area (Å²) < 4.78 is 11.1. The van der Waals surface area contributed by atoms with E-state index in [1.54, 1.807) is 14.2 Å². The third-order valence-electron chi connectivity index (χ3n) is 4.12. The van der Waals surface area contributed by atoms with Gasteiger partial charge in [0, 0.05) is 13.2 Å². The average molecular weight is 279 g/mol. The summed E-state index contributed by atoms with van der Waals surface area (Å²) in [5.74, 6) is 0.910. The van der Waals surface area contributed by atoms with E-state index < -0.39 is 0 Å². The molecule has 2 atom stereocenters. The molecule has 0 radical (unpaired) electrons. The minimum atomic E-state index is -0.155. The number of rotatable bonds is 9. The molecule has 0 saturated heterocycles.